The summed E-state index contributed by atoms with van der Waals surface area (Å²) < 4.78 is 0. The van der Waals surface area contributed by atoms with E-state index in [0.717, 1.165) is 38.5 Å². The van der Waals surface area contributed by atoms with Gasteiger partial charge in [-0.1, -0.05) is 118 Å². The van der Waals surface area contributed by atoms with Gasteiger partial charge in [-0.3, -0.25) is 0 Å². The minimum atomic E-state index is -2.70. The van der Waals surface area contributed by atoms with Crippen LogP contribution in [-0.2, 0) is 60.2 Å². The molecule has 5 heteroatoms. The number of hydrogen-bond acceptors (Lipinski definition) is 0. The third-order valence-electron chi connectivity index (χ3n) is 8.99. The van der Waals surface area contributed by atoms with Crippen molar-refractivity contribution in [1.29, 1.82) is 0 Å². The number of fused-ring (bicyclic) bond motifs is 1. The molecule has 0 saturated heterocycles. The van der Waals surface area contributed by atoms with Gasteiger partial charge in [-0.25, -0.2) is 0 Å². The van der Waals surface area contributed by atoms with Crippen molar-refractivity contribution in [2.24, 2.45) is 0 Å². The molecule has 0 aliphatic heterocycles. The maximum Gasteiger partial charge on any atom is 4.00 e. The van der Waals surface area contributed by atoms with Crippen molar-refractivity contribution < 1.29 is 58.9 Å². The van der Waals surface area contributed by atoms with Gasteiger partial charge in [0.25, 0.3) is 0 Å². The summed E-state index contributed by atoms with van der Waals surface area (Å²) in [7, 11) is -2.70. The third-order valence-corrected chi connectivity index (χ3v) is 13.7. The molecule has 5 rings (SSSR count). The average molecular weight is 696 g/mol. The van der Waals surface area contributed by atoms with Gasteiger partial charge >= 0.3 is 21.7 Å². The van der Waals surface area contributed by atoms with Gasteiger partial charge in [0, 0.05) is 0 Å². The topological polar surface area (TPSA) is 0 Å². The van der Waals surface area contributed by atoms with Gasteiger partial charge in [-0.15, -0.1) is 34.2 Å². The summed E-state index contributed by atoms with van der Waals surface area (Å²) in [5, 5.41) is 8.89. The number of halogens is 3. The van der Waals surface area contributed by atoms with Gasteiger partial charge in [0.15, 0.2) is 0 Å². The molecule has 0 aliphatic rings. The van der Waals surface area contributed by atoms with Gasteiger partial charge < -0.3 is 37.2 Å². The zero-order valence-electron chi connectivity index (χ0n) is 27.0. The Labute approximate surface area is 300 Å². The van der Waals surface area contributed by atoms with Crippen LogP contribution in [0, 0.1) is 0 Å². The Hall–Kier alpha value is -1.71. The minimum Gasteiger partial charge on any atom is -1.00 e. The summed E-state index contributed by atoms with van der Waals surface area (Å²) >= 11 is 0. The van der Waals surface area contributed by atoms with Crippen molar-refractivity contribution >= 4 is 39.6 Å². The number of aryl methyl sites for hydroxylation is 6. The fourth-order valence-electron chi connectivity index (χ4n) is 6.61. The van der Waals surface area contributed by atoms with E-state index in [1.165, 1.54) is 64.9 Å². The molecule has 0 aromatic heterocycles. The molecule has 0 fully saturated rings. The van der Waals surface area contributed by atoms with Crippen LogP contribution in [0.15, 0.2) is 91.0 Å². The molecule has 0 N–H and O–H groups in total. The molecule has 5 aromatic carbocycles. The minimum absolute atomic E-state index is 0. The van der Waals surface area contributed by atoms with E-state index in [0.29, 0.717) is 0 Å². The molecule has 230 valence electrons. The van der Waals surface area contributed by atoms with E-state index in [2.05, 4.69) is 133 Å². The van der Waals surface area contributed by atoms with E-state index in [4.69, 9.17) is 0 Å². The summed E-state index contributed by atoms with van der Waals surface area (Å²) in [4.78, 5) is 0. The molecular weight excluding hydrogens is 651 g/mol. The van der Waals surface area contributed by atoms with E-state index in [1.807, 2.05) is 0 Å². The number of rotatable bonds is 10. The van der Waals surface area contributed by atoms with Crippen LogP contribution in [-0.4, -0.2) is 8.07 Å². The molecule has 44 heavy (non-hydrogen) atoms. The van der Waals surface area contributed by atoms with Crippen LogP contribution in [0.1, 0.15) is 74.9 Å². The van der Waals surface area contributed by atoms with Crippen molar-refractivity contribution in [2.75, 3.05) is 0 Å². The summed E-state index contributed by atoms with van der Waals surface area (Å²) in [6, 6.07) is 36.6. The van der Waals surface area contributed by atoms with E-state index in [9.17, 15) is 0 Å². The first-order valence-corrected chi connectivity index (χ1v) is 17.5. The quantitative estimate of drug-likeness (QED) is 0.0932. The fourth-order valence-corrected chi connectivity index (χ4v) is 11.9. The van der Waals surface area contributed by atoms with Crippen LogP contribution in [0.5, 0.6) is 0 Å². The first kappa shape index (κ1) is 40.3. The van der Waals surface area contributed by atoms with E-state index >= 15 is 0 Å². The smallest absolute Gasteiger partial charge is 1.00 e. The van der Waals surface area contributed by atoms with Gasteiger partial charge in [0.2, 0.25) is 0 Å². The fraction of sp³-hybridized carbons (Fsp3) is 0.308. The third kappa shape index (κ3) is 7.63. The molecule has 0 heterocycles. The Bertz CT molecular complexity index is 1440. The summed E-state index contributed by atoms with van der Waals surface area (Å²) in [5.74, 6) is 0. The molecule has 0 saturated carbocycles. The van der Waals surface area contributed by atoms with Crippen LogP contribution in [0.25, 0.3) is 10.8 Å². The number of benzene rings is 4. The molecule has 0 radical (unpaired) electrons. The Morgan fingerprint density at radius 2 is 0.773 bits per heavy atom. The second-order valence-corrected chi connectivity index (χ2v) is 15.1. The molecule has 5 aromatic rings. The van der Waals surface area contributed by atoms with Crippen molar-refractivity contribution in [2.45, 2.75) is 80.1 Å². The van der Waals surface area contributed by atoms with Gasteiger partial charge in [-0.2, -0.15) is 12.1 Å². The van der Waals surface area contributed by atoms with Gasteiger partial charge in [0.1, 0.15) is 8.07 Å². The van der Waals surface area contributed by atoms with Crippen molar-refractivity contribution in [1.82, 2.24) is 0 Å². The summed E-state index contributed by atoms with van der Waals surface area (Å²) in [6.07, 6.45) is 6.32. The molecule has 0 nitrogen and oxygen atoms in total. The van der Waals surface area contributed by atoms with Crippen LogP contribution >= 0.6 is 0 Å². The van der Waals surface area contributed by atoms with Gasteiger partial charge in [0.05, 0.1) is 0 Å². The number of hydrogen-bond donors (Lipinski definition) is 0. The standard InChI is InChI=1S/C39H45Si.3ClH.Ti/c1-7-28-19-29(8-2)23-35(22-28)40(36-24-30(9-3)20-31(10-4)25-36,37-26-32(11-5)21-33(12-6)27-37)39-18-17-34-15-13-14-16-38(34)39;;;;/h13-27H,7-12H2,1-6H3;3*1H;/q-1;;;;+4/p-3. The summed E-state index contributed by atoms with van der Waals surface area (Å²) in [5.41, 5.74) is 8.70. The average Bonchev–Trinajstić information content (AvgIpc) is 3.45. The summed E-state index contributed by atoms with van der Waals surface area (Å²) in [6.45, 7) is 13.8. The van der Waals surface area contributed by atoms with Crippen LogP contribution in [0.3, 0.4) is 0 Å². The molecule has 0 atom stereocenters. The van der Waals surface area contributed by atoms with Crippen molar-refractivity contribution in [3.05, 3.63) is 124 Å². The molecule has 0 unspecified atom stereocenters. The Morgan fingerprint density at radius 3 is 1.09 bits per heavy atom. The largest absolute Gasteiger partial charge is 4.00 e. The predicted molar refractivity (Wildman–Crippen MR) is 179 cm³/mol. The zero-order chi connectivity index (χ0) is 28.3. The van der Waals surface area contributed by atoms with Crippen LogP contribution < -0.4 is 58.0 Å². The second-order valence-electron chi connectivity index (χ2n) is 11.3. The predicted octanol–water partition coefficient (Wildman–Crippen LogP) is -1.68. The van der Waals surface area contributed by atoms with E-state index < -0.39 is 8.07 Å². The molecule has 0 amide bonds. The van der Waals surface area contributed by atoms with Crippen LogP contribution in [0.2, 0.25) is 0 Å². The van der Waals surface area contributed by atoms with Crippen molar-refractivity contribution in [3.63, 3.8) is 0 Å². The Kier molecular flexibility index (Phi) is 16.3. The maximum atomic E-state index is 2.57. The van der Waals surface area contributed by atoms with Crippen molar-refractivity contribution in [3.8, 4) is 0 Å². The normalized spacial score (nSPS) is 10.8. The first-order chi connectivity index (χ1) is 19.5. The molecule has 0 bridgehead atoms. The molecule has 0 aliphatic carbocycles. The molecular formula is C39H45Cl3SiTi. The van der Waals surface area contributed by atoms with Crippen LogP contribution in [0.4, 0.5) is 0 Å². The zero-order valence-corrected chi connectivity index (χ0v) is 31.9. The Balaban J connectivity index is 0.00000242. The Morgan fingerprint density at radius 1 is 0.455 bits per heavy atom. The molecule has 0 spiro atoms. The first-order valence-electron chi connectivity index (χ1n) is 15.5. The maximum absolute atomic E-state index is 2.70. The SMILES string of the molecule is CCc1cc(CC)cc([Si](c2cc(CC)cc(CC)c2)(c2cc(CC)cc(CC)c2)[c-]2ccc3ccccc32)c1.[Cl-].[Cl-].[Cl-].[Ti+4]. The monoisotopic (exact) mass is 694 g/mol. The van der Waals surface area contributed by atoms with E-state index in [-0.39, 0.29) is 58.9 Å². The van der Waals surface area contributed by atoms with E-state index in [1.54, 1.807) is 0 Å². The second kappa shape index (κ2) is 17.8. The van der Waals surface area contributed by atoms with Gasteiger partial charge in [-0.05, 0) is 71.9 Å².